The van der Waals surface area contributed by atoms with Gasteiger partial charge in [0.25, 0.3) is 17.7 Å². The summed E-state index contributed by atoms with van der Waals surface area (Å²) in [5.41, 5.74) is 0.450. The van der Waals surface area contributed by atoms with Gasteiger partial charge >= 0.3 is 0 Å². The van der Waals surface area contributed by atoms with Crippen molar-refractivity contribution in [2.24, 2.45) is 10.4 Å². The van der Waals surface area contributed by atoms with Crippen molar-refractivity contribution < 1.29 is 14.4 Å². The summed E-state index contributed by atoms with van der Waals surface area (Å²) >= 11 is 0. The number of hydrogen-bond donors (Lipinski definition) is 0. The molecule has 2 unspecified atom stereocenters. The summed E-state index contributed by atoms with van der Waals surface area (Å²) in [6.07, 6.45) is 4.03. The molecule has 3 rings (SSSR count). The highest BCUT2D eigenvalue weighted by atomic mass is 16.2. The van der Waals surface area contributed by atoms with Crippen LogP contribution in [0.4, 0.5) is 0 Å². The van der Waals surface area contributed by atoms with E-state index in [1.807, 2.05) is 6.92 Å². The molecule has 118 valence electrons. The molecule has 3 amide bonds. The Bertz CT molecular complexity index is 743. The van der Waals surface area contributed by atoms with E-state index < -0.39 is 11.5 Å². The lowest BCUT2D eigenvalue weighted by molar-refractivity contribution is -0.127. The molecule has 1 aromatic carbocycles. The van der Waals surface area contributed by atoms with Crippen LogP contribution in [0, 0.1) is 5.41 Å². The molecule has 0 saturated carbocycles. The minimum atomic E-state index is -0.965. The minimum Gasteiger partial charge on any atom is -0.272 e. The Kier molecular flexibility index (Phi) is 3.51. The largest absolute Gasteiger partial charge is 0.272 e. The number of rotatable bonds is 3. The number of amides is 3. The summed E-state index contributed by atoms with van der Waals surface area (Å²) in [7, 11) is 0. The Morgan fingerprint density at radius 2 is 1.70 bits per heavy atom. The Hall–Kier alpha value is -2.56. The molecule has 5 nitrogen and oxygen atoms in total. The number of benzene rings is 1. The quantitative estimate of drug-likeness (QED) is 0.806. The van der Waals surface area contributed by atoms with Crippen molar-refractivity contribution in [2.45, 2.75) is 33.2 Å². The molecule has 0 saturated heterocycles. The Morgan fingerprint density at radius 3 is 2.17 bits per heavy atom. The van der Waals surface area contributed by atoms with E-state index in [9.17, 15) is 14.4 Å². The number of nitrogens with zero attached hydrogens (tertiary/aromatic N) is 2. The normalized spacial score (nSPS) is 24.7. The summed E-state index contributed by atoms with van der Waals surface area (Å²) in [5, 5.41) is 0. The maximum absolute atomic E-state index is 12.7. The van der Waals surface area contributed by atoms with Crippen molar-refractivity contribution in [3.63, 3.8) is 0 Å². The average Bonchev–Trinajstić information content (AvgIpc) is 2.79. The van der Waals surface area contributed by atoms with Crippen molar-refractivity contribution in [3.8, 4) is 0 Å². The molecule has 0 bridgehead atoms. The lowest BCUT2D eigenvalue weighted by atomic mass is 9.75. The van der Waals surface area contributed by atoms with Crippen LogP contribution in [0.3, 0.4) is 0 Å². The van der Waals surface area contributed by atoms with E-state index >= 15 is 0 Å². The minimum absolute atomic E-state index is 0.302. The molecular formula is C18H18N2O3. The van der Waals surface area contributed by atoms with Crippen LogP contribution in [0.2, 0.25) is 0 Å². The number of dihydropyridines is 1. The fraction of sp³-hybridized carbons (Fsp3) is 0.333. The fourth-order valence-electron chi connectivity index (χ4n) is 3.31. The maximum atomic E-state index is 12.7. The summed E-state index contributed by atoms with van der Waals surface area (Å²) in [6.45, 7) is 5.36. The van der Waals surface area contributed by atoms with Crippen molar-refractivity contribution in [3.05, 3.63) is 47.5 Å². The Labute approximate surface area is 134 Å². The lowest BCUT2D eigenvalue weighted by Crippen LogP contribution is -2.52. The van der Waals surface area contributed by atoms with Gasteiger partial charge in [0.05, 0.1) is 22.6 Å². The smallest absolute Gasteiger partial charge is 0.261 e. The summed E-state index contributed by atoms with van der Waals surface area (Å²) in [4.78, 5) is 43.1. The molecule has 23 heavy (non-hydrogen) atoms. The number of carbonyl (C=O) groups excluding carboxylic acids is 3. The highest BCUT2D eigenvalue weighted by Gasteiger charge is 2.49. The molecule has 2 aliphatic heterocycles. The van der Waals surface area contributed by atoms with E-state index in [0.29, 0.717) is 23.3 Å². The van der Waals surface area contributed by atoms with Crippen molar-refractivity contribution in [1.29, 1.82) is 0 Å². The first-order chi connectivity index (χ1) is 10.9. The second-order valence-electron chi connectivity index (χ2n) is 5.99. The third-order valence-electron chi connectivity index (χ3n) is 4.84. The van der Waals surface area contributed by atoms with Gasteiger partial charge in [0.1, 0.15) is 0 Å². The predicted molar refractivity (Wildman–Crippen MR) is 86.4 cm³/mol. The molecule has 1 aromatic rings. The van der Waals surface area contributed by atoms with Crippen LogP contribution in [0.15, 0.2) is 41.4 Å². The number of aliphatic imine (C=N–C) groups is 1. The first kappa shape index (κ1) is 15.3. The van der Waals surface area contributed by atoms with Gasteiger partial charge in [-0.2, -0.15) is 0 Å². The number of allylic oxidation sites excluding steroid dienone is 1. The van der Waals surface area contributed by atoms with E-state index in [0.717, 1.165) is 0 Å². The van der Waals surface area contributed by atoms with Gasteiger partial charge in [0, 0.05) is 5.71 Å². The summed E-state index contributed by atoms with van der Waals surface area (Å²) in [5.74, 6) is -0.999. The molecule has 2 atom stereocenters. The molecule has 5 heteroatoms. The highest BCUT2D eigenvalue weighted by molar-refractivity contribution is 6.22. The third kappa shape index (κ3) is 2.07. The Balaban J connectivity index is 2.03. The second-order valence-corrected chi connectivity index (χ2v) is 5.99. The topological polar surface area (TPSA) is 66.8 Å². The van der Waals surface area contributed by atoms with E-state index in [1.165, 1.54) is 4.90 Å². The highest BCUT2D eigenvalue weighted by Crippen LogP contribution is 2.38. The average molecular weight is 310 g/mol. The van der Waals surface area contributed by atoms with Crippen LogP contribution in [0.1, 0.15) is 47.9 Å². The fourth-order valence-corrected chi connectivity index (χ4v) is 3.31. The van der Waals surface area contributed by atoms with Gasteiger partial charge in [0.15, 0.2) is 0 Å². The summed E-state index contributed by atoms with van der Waals surface area (Å²) in [6, 6.07) is 6.14. The SMILES string of the molecule is CCC1(C(C)N2C(=O)c3ccccc3C2=O)C=CC(C)=NC1=O. The monoisotopic (exact) mass is 310 g/mol. The molecule has 0 N–H and O–H groups in total. The lowest BCUT2D eigenvalue weighted by Gasteiger charge is -2.38. The zero-order valence-corrected chi connectivity index (χ0v) is 13.4. The van der Waals surface area contributed by atoms with Gasteiger partial charge in [-0.15, -0.1) is 0 Å². The van der Waals surface area contributed by atoms with Gasteiger partial charge in [-0.25, -0.2) is 4.99 Å². The van der Waals surface area contributed by atoms with Gasteiger partial charge in [-0.1, -0.05) is 25.1 Å². The molecular weight excluding hydrogens is 292 g/mol. The number of carbonyl (C=O) groups is 3. The van der Waals surface area contributed by atoms with Gasteiger partial charge in [0.2, 0.25) is 0 Å². The van der Waals surface area contributed by atoms with Crippen LogP contribution in [0.25, 0.3) is 0 Å². The van der Waals surface area contributed by atoms with Crippen LogP contribution < -0.4 is 0 Å². The van der Waals surface area contributed by atoms with Crippen LogP contribution in [-0.4, -0.2) is 34.4 Å². The second kappa shape index (κ2) is 5.26. The van der Waals surface area contributed by atoms with E-state index in [4.69, 9.17) is 0 Å². The van der Waals surface area contributed by atoms with Gasteiger partial charge in [-0.3, -0.25) is 19.3 Å². The van der Waals surface area contributed by atoms with Gasteiger partial charge < -0.3 is 0 Å². The summed E-state index contributed by atoms with van der Waals surface area (Å²) < 4.78 is 0. The molecule has 2 aliphatic rings. The van der Waals surface area contributed by atoms with Crippen molar-refractivity contribution in [1.82, 2.24) is 4.90 Å². The number of hydrogen-bond acceptors (Lipinski definition) is 3. The number of imide groups is 1. The molecule has 0 aliphatic carbocycles. The van der Waals surface area contributed by atoms with E-state index in [2.05, 4.69) is 4.99 Å². The standard InChI is InChI=1S/C18H18N2O3/c1-4-18(10-9-11(2)19-17(18)23)12(3)20-15(21)13-7-5-6-8-14(13)16(20)22/h5-10,12H,4H2,1-3H3. The molecule has 0 aromatic heterocycles. The molecule has 0 radical (unpaired) electrons. The predicted octanol–water partition coefficient (Wildman–Crippen LogP) is 2.62. The van der Waals surface area contributed by atoms with Crippen LogP contribution in [-0.2, 0) is 4.79 Å². The molecule has 0 spiro atoms. The third-order valence-corrected chi connectivity index (χ3v) is 4.84. The van der Waals surface area contributed by atoms with Crippen LogP contribution >= 0.6 is 0 Å². The van der Waals surface area contributed by atoms with Crippen molar-refractivity contribution >= 4 is 23.4 Å². The first-order valence-electron chi connectivity index (χ1n) is 7.68. The van der Waals surface area contributed by atoms with Crippen molar-refractivity contribution in [2.75, 3.05) is 0 Å². The molecule has 2 heterocycles. The van der Waals surface area contributed by atoms with Gasteiger partial charge in [-0.05, 0) is 38.5 Å². The maximum Gasteiger partial charge on any atom is 0.261 e. The van der Waals surface area contributed by atoms with Crippen LogP contribution in [0.5, 0.6) is 0 Å². The zero-order valence-electron chi connectivity index (χ0n) is 13.4. The van der Waals surface area contributed by atoms with E-state index in [-0.39, 0.29) is 17.7 Å². The zero-order chi connectivity index (χ0) is 16.8. The molecule has 0 fully saturated rings. The Morgan fingerprint density at radius 1 is 1.13 bits per heavy atom. The number of fused-ring (bicyclic) bond motifs is 1. The van der Waals surface area contributed by atoms with E-state index in [1.54, 1.807) is 50.3 Å². The first-order valence-corrected chi connectivity index (χ1v) is 7.68.